The van der Waals surface area contributed by atoms with E-state index in [4.69, 9.17) is 0 Å². The first-order chi connectivity index (χ1) is 11.6. The summed E-state index contributed by atoms with van der Waals surface area (Å²) in [6, 6.07) is 8.16. The van der Waals surface area contributed by atoms with Crippen LogP contribution in [0.25, 0.3) is 10.2 Å². The molecule has 0 radical (unpaired) electrons. The van der Waals surface area contributed by atoms with Crippen LogP contribution in [0.4, 0.5) is 0 Å². The van der Waals surface area contributed by atoms with Crippen molar-refractivity contribution in [2.45, 2.75) is 26.4 Å². The van der Waals surface area contributed by atoms with E-state index in [1.54, 1.807) is 11.8 Å². The molecule has 1 aliphatic heterocycles. The van der Waals surface area contributed by atoms with Crippen molar-refractivity contribution in [3.63, 3.8) is 0 Å². The Balaban J connectivity index is 1.58. The van der Waals surface area contributed by atoms with Crippen LogP contribution in [0.1, 0.15) is 16.8 Å². The number of aryl methyl sites for hydroxylation is 1. The van der Waals surface area contributed by atoms with Crippen LogP contribution in [0.5, 0.6) is 0 Å². The molecule has 0 saturated heterocycles. The maximum atomic E-state index is 12.6. The van der Waals surface area contributed by atoms with E-state index in [9.17, 15) is 9.59 Å². The summed E-state index contributed by atoms with van der Waals surface area (Å²) < 4.78 is 5.54. The molecule has 0 N–H and O–H groups in total. The number of hydrogen-bond acceptors (Lipinski definition) is 5. The second-order valence-corrected chi connectivity index (χ2v) is 6.71. The highest BCUT2D eigenvalue weighted by atomic mass is 32.1. The first-order valence-electron chi connectivity index (χ1n) is 7.79. The molecule has 1 amide bonds. The summed E-state index contributed by atoms with van der Waals surface area (Å²) in [6.45, 7) is 3.08. The predicted molar refractivity (Wildman–Crippen MR) is 92.0 cm³/mol. The van der Waals surface area contributed by atoms with Crippen LogP contribution in [0.2, 0.25) is 0 Å². The average Bonchev–Trinajstić information content (AvgIpc) is 2.98. The topological polar surface area (TPSA) is 68.1 Å². The van der Waals surface area contributed by atoms with Gasteiger partial charge in [-0.25, -0.2) is 4.98 Å². The van der Waals surface area contributed by atoms with Crippen LogP contribution >= 0.6 is 11.5 Å². The molecule has 6 nitrogen and oxygen atoms in total. The van der Waals surface area contributed by atoms with E-state index in [1.807, 2.05) is 12.1 Å². The van der Waals surface area contributed by atoms with Gasteiger partial charge in [0.1, 0.15) is 6.54 Å². The van der Waals surface area contributed by atoms with Gasteiger partial charge in [0, 0.05) is 13.1 Å². The van der Waals surface area contributed by atoms with Gasteiger partial charge in [-0.1, -0.05) is 24.3 Å². The Morgan fingerprint density at radius 2 is 2.08 bits per heavy atom. The molecule has 0 spiro atoms. The van der Waals surface area contributed by atoms with Crippen LogP contribution < -0.4 is 5.56 Å². The molecule has 3 aromatic rings. The van der Waals surface area contributed by atoms with Crippen molar-refractivity contribution in [2.75, 3.05) is 6.54 Å². The molecule has 1 aliphatic rings. The normalized spacial score (nSPS) is 14.0. The third-order valence-corrected chi connectivity index (χ3v) is 5.27. The van der Waals surface area contributed by atoms with E-state index >= 15 is 0 Å². The number of nitrogens with zero attached hydrogens (tertiary/aromatic N) is 4. The molecule has 7 heteroatoms. The number of benzene rings is 1. The molecular formula is C17H16N4O2S. The number of carbonyl (C=O) groups excluding carboxylic acids is 1. The molecule has 0 fully saturated rings. The number of aromatic nitrogens is 3. The minimum atomic E-state index is -0.197. The van der Waals surface area contributed by atoms with Gasteiger partial charge in [0.25, 0.3) is 5.56 Å². The standard InChI is InChI=1S/C17H16N4O2S/c1-11-15-16(24-19-11)18-10-21(17(15)23)9-14(22)20-7-6-12-4-2-3-5-13(12)8-20/h2-5,10H,6-9H2,1H3. The van der Waals surface area contributed by atoms with Gasteiger partial charge < -0.3 is 4.90 Å². The number of fused-ring (bicyclic) bond motifs is 2. The largest absolute Gasteiger partial charge is 0.336 e. The maximum absolute atomic E-state index is 12.6. The van der Waals surface area contributed by atoms with Crippen molar-refractivity contribution >= 4 is 27.7 Å². The molecule has 0 unspecified atom stereocenters. The van der Waals surface area contributed by atoms with Crippen LogP contribution in [0, 0.1) is 6.92 Å². The van der Waals surface area contributed by atoms with E-state index in [-0.39, 0.29) is 18.0 Å². The van der Waals surface area contributed by atoms with Crippen molar-refractivity contribution in [2.24, 2.45) is 0 Å². The first-order valence-corrected chi connectivity index (χ1v) is 8.57. The Hall–Kier alpha value is -2.54. The summed E-state index contributed by atoms with van der Waals surface area (Å²) in [5.41, 5.74) is 2.94. The van der Waals surface area contributed by atoms with Gasteiger partial charge >= 0.3 is 0 Å². The number of carbonyl (C=O) groups is 1. The molecular weight excluding hydrogens is 324 g/mol. The Morgan fingerprint density at radius 1 is 1.29 bits per heavy atom. The summed E-state index contributed by atoms with van der Waals surface area (Å²) in [4.78, 5) is 31.8. The maximum Gasteiger partial charge on any atom is 0.264 e. The van der Waals surface area contributed by atoms with Crippen molar-refractivity contribution < 1.29 is 4.79 Å². The lowest BCUT2D eigenvalue weighted by atomic mass is 10.00. The zero-order chi connectivity index (χ0) is 16.7. The number of hydrogen-bond donors (Lipinski definition) is 0. The second-order valence-electron chi connectivity index (χ2n) is 5.96. The summed E-state index contributed by atoms with van der Waals surface area (Å²) >= 11 is 1.21. The van der Waals surface area contributed by atoms with E-state index in [2.05, 4.69) is 21.5 Å². The highest BCUT2D eigenvalue weighted by molar-refractivity contribution is 7.12. The molecule has 2 aromatic heterocycles. The lowest BCUT2D eigenvalue weighted by Gasteiger charge is -2.29. The van der Waals surface area contributed by atoms with Gasteiger partial charge in [-0.2, -0.15) is 4.37 Å². The fourth-order valence-electron chi connectivity index (χ4n) is 3.08. The molecule has 0 atom stereocenters. The Labute approximate surface area is 142 Å². The highest BCUT2D eigenvalue weighted by Crippen LogP contribution is 2.19. The third kappa shape index (κ3) is 2.50. The molecule has 1 aromatic carbocycles. The average molecular weight is 340 g/mol. The van der Waals surface area contributed by atoms with E-state index in [0.29, 0.717) is 29.0 Å². The first kappa shape index (κ1) is 15.0. The summed E-state index contributed by atoms with van der Waals surface area (Å²) in [5, 5.41) is 0.513. The summed E-state index contributed by atoms with van der Waals surface area (Å²) in [6.07, 6.45) is 2.29. The summed E-state index contributed by atoms with van der Waals surface area (Å²) in [7, 11) is 0. The Kier molecular flexibility index (Phi) is 3.65. The number of rotatable bonds is 2. The molecule has 4 rings (SSSR count). The third-order valence-electron chi connectivity index (χ3n) is 4.42. The lowest BCUT2D eigenvalue weighted by Crippen LogP contribution is -2.39. The zero-order valence-corrected chi connectivity index (χ0v) is 14.0. The van der Waals surface area contributed by atoms with Crippen LogP contribution in [0.3, 0.4) is 0 Å². The lowest BCUT2D eigenvalue weighted by molar-refractivity contribution is -0.132. The molecule has 24 heavy (non-hydrogen) atoms. The van der Waals surface area contributed by atoms with Gasteiger partial charge in [-0.3, -0.25) is 14.2 Å². The SMILES string of the molecule is Cc1nsc2ncn(CC(=O)N3CCc4ccccc4C3)c(=O)c12. The van der Waals surface area contributed by atoms with Gasteiger partial charge in [0.05, 0.1) is 17.4 Å². The highest BCUT2D eigenvalue weighted by Gasteiger charge is 2.21. The van der Waals surface area contributed by atoms with Crippen molar-refractivity contribution in [1.29, 1.82) is 0 Å². The van der Waals surface area contributed by atoms with Gasteiger partial charge in [-0.15, -0.1) is 0 Å². The number of amides is 1. The molecule has 0 aliphatic carbocycles. The molecule has 0 bridgehead atoms. The van der Waals surface area contributed by atoms with Crippen molar-refractivity contribution in [1.82, 2.24) is 18.8 Å². The molecule has 0 saturated carbocycles. The van der Waals surface area contributed by atoms with E-state index < -0.39 is 0 Å². The second kappa shape index (κ2) is 5.83. The predicted octanol–water partition coefficient (Wildman–Crippen LogP) is 1.75. The Morgan fingerprint density at radius 3 is 2.92 bits per heavy atom. The van der Waals surface area contributed by atoms with Crippen molar-refractivity contribution in [3.05, 3.63) is 57.8 Å². The van der Waals surface area contributed by atoms with Gasteiger partial charge in [-0.05, 0) is 36.0 Å². The zero-order valence-electron chi connectivity index (χ0n) is 13.2. The van der Waals surface area contributed by atoms with Crippen LogP contribution in [-0.2, 0) is 24.3 Å². The van der Waals surface area contributed by atoms with Gasteiger partial charge in [0.15, 0.2) is 4.83 Å². The van der Waals surface area contributed by atoms with Gasteiger partial charge in [0.2, 0.25) is 5.91 Å². The quantitative estimate of drug-likeness (QED) is 0.713. The summed E-state index contributed by atoms with van der Waals surface area (Å²) in [5.74, 6) is -0.0615. The molecule has 122 valence electrons. The van der Waals surface area contributed by atoms with E-state index in [0.717, 1.165) is 6.42 Å². The van der Waals surface area contributed by atoms with Crippen molar-refractivity contribution in [3.8, 4) is 0 Å². The fraction of sp³-hybridized carbons (Fsp3) is 0.294. The van der Waals surface area contributed by atoms with Crippen LogP contribution in [0.15, 0.2) is 35.4 Å². The van der Waals surface area contributed by atoms with Crippen LogP contribution in [-0.4, -0.2) is 31.3 Å². The minimum Gasteiger partial charge on any atom is -0.336 e. The smallest absolute Gasteiger partial charge is 0.264 e. The van der Waals surface area contributed by atoms with E-state index in [1.165, 1.54) is 33.6 Å². The Bertz CT molecular complexity index is 992. The monoisotopic (exact) mass is 340 g/mol. The fourth-order valence-corrected chi connectivity index (χ4v) is 3.81. The minimum absolute atomic E-state index is 0.0131. The molecule has 3 heterocycles.